The monoisotopic (exact) mass is 247 g/mol. The first kappa shape index (κ1) is 13.6. The number of nitrogens with zero attached hydrogens (tertiary/aromatic N) is 1. The highest BCUT2D eigenvalue weighted by Crippen LogP contribution is 2.19. The standard InChI is InChI=1S/C16H25NO/c1-13(2)16-7-5-14(6-8-16)10-17-9-3-4-15(11-17)12-18/h5-8,13,15,18H,3-4,9-12H2,1-2H3. The maximum Gasteiger partial charge on any atom is 0.0471 e. The lowest BCUT2D eigenvalue weighted by Gasteiger charge is -2.31. The zero-order valence-electron chi connectivity index (χ0n) is 11.6. The average molecular weight is 247 g/mol. The normalized spacial score (nSPS) is 21.4. The molecule has 0 bridgehead atoms. The molecule has 0 amide bonds. The van der Waals surface area contributed by atoms with Gasteiger partial charge in [-0.15, -0.1) is 0 Å². The first-order chi connectivity index (χ1) is 8.69. The molecule has 0 spiro atoms. The number of aliphatic hydroxyl groups excluding tert-OH is 1. The molecule has 1 unspecified atom stereocenters. The third kappa shape index (κ3) is 3.56. The first-order valence-corrected chi connectivity index (χ1v) is 7.11. The van der Waals surface area contributed by atoms with E-state index in [4.69, 9.17) is 0 Å². The summed E-state index contributed by atoms with van der Waals surface area (Å²) < 4.78 is 0. The first-order valence-electron chi connectivity index (χ1n) is 7.11. The van der Waals surface area contributed by atoms with Gasteiger partial charge in [0.2, 0.25) is 0 Å². The second kappa shape index (κ2) is 6.35. The lowest BCUT2D eigenvalue weighted by Crippen LogP contribution is -2.36. The summed E-state index contributed by atoms with van der Waals surface area (Å²) >= 11 is 0. The minimum absolute atomic E-state index is 0.336. The lowest BCUT2D eigenvalue weighted by atomic mass is 9.98. The van der Waals surface area contributed by atoms with Crippen molar-refractivity contribution in [3.8, 4) is 0 Å². The van der Waals surface area contributed by atoms with Crippen molar-refractivity contribution in [3.05, 3.63) is 35.4 Å². The summed E-state index contributed by atoms with van der Waals surface area (Å²) in [5.41, 5.74) is 2.80. The average Bonchev–Trinajstić information content (AvgIpc) is 2.39. The van der Waals surface area contributed by atoms with Crippen LogP contribution in [0, 0.1) is 5.92 Å². The Balaban J connectivity index is 1.92. The Kier molecular flexibility index (Phi) is 4.79. The molecule has 2 heteroatoms. The van der Waals surface area contributed by atoms with E-state index in [0.29, 0.717) is 18.4 Å². The van der Waals surface area contributed by atoms with E-state index in [-0.39, 0.29) is 0 Å². The van der Waals surface area contributed by atoms with Crippen LogP contribution in [0.3, 0.4) is 0 Å². The van der Waals surface area contributed by atoms with Crippen molar-refractivity contribution in [1.29, 1.82) is 0 Å². The Bertz CT molecular complexity index is 358. The van der Waals surface area contributed by atoms with E-state index >= 15 is 0 Å². The number of rotatable bonds is 4. The van der Waals surface area contributed by atoms with Crippen molar-refractivity contribution >= 4 is 0 Å². The molecule has 1 heterocycles. The van der Waals surface area contributed by atoms with E-state index in [9.17, 15) is 5.11 Å². The van der Waals surface area contributed by atoms with Crippen molar-refractivity contribution in [2.24, 2.45) is 5.92 Å². The highest BCUT2D eigenvalue weighted by molar-refractivity contribution is 5.24. The van der Waals surface area contributed by atoms with E-state index in [2.05, 4.69) is 43.0 Å². The van der Waals surface area contributed by atoms with Gasteiger partial charge in [0.05, 0.1) is 0 Å². The zero-order chi connectivity index (χ0) is 13.0. The van der Waals surface area contributed by atoms with Gasteiger partial charge >= 0.3 is 0 Å². The van der Waals surface area contributed by atoms with Gasteiger partial charge in [0.25, 0.3) is 0 Å². The molecule has 2 rings (SSSR count). The largest absolute Gasteiger partial charge is 0.396 e. The van der Waals surface area contributed by atoms with Crippen molar-refractivity contribution in [2.75, 3.05) is 19.7 Å². The van der Waals surface area contributed by atoms with E-state index in [1.165, 1.54) is 30.5 Å². The van der Waals surface area contributed by atoms with Gasteiger partial charge in [-0.05, 0) is 42.3 Å². The Labute approximate surface area is 111 Å². The van der Waals surface area contributed by atoms with Crippen LogP contribution < -0.4 is 0 Å². The van der Waals surface area contributed by atoms with Crippen LogP contribution in [0.2, 0.25) is 0 Å². The molecule has 1 saturated heterocycles. The van der Waals surface area contributed by atoms with Crippen LogP contribution in [-0.4, -0.2) is 29.7 Å². The Morgan fingerprint density at radius 2 is 2.00 bits per heavy atom. The third-order valence-corrected chi connectivity index (χ3v) is 3.91. The highest BCUT2D eigenvalue weighted by Gasteiger charge is 2.18. The molecular weight excluding hydrogens is 222 g/mol. The lowest BCUT2D eigenvalue weighted by molar-refractivity contribution is 0.116. The molecule has 0 aliphatic carbocycles. The molecular formula is C16H25NO. The maximum absolute atomic E-state index is 9.25. The molecule has 2 nitrogen and oxygen atoms in total. The molecule has 1 fully saturated rings. The summed E-state index contributed by atoms with van der Waals surface area (Å²) in [7, 11) is 0. The van der Waals surface area contributed by atoms with Gasteiger partial charge in [0.15, 0.2) is 0 Å². The number of piperidine rings is 1. The molecule has 1 aromatic rings. The van der Waals surface area contributed by atoms with Crippen LogP contribution in [0.5, 0.6) is 0 Å². The van der Waals surface area contributed by atoms with Crippen molar-refractivity contribution in [2.45, 2.75) is 39.2 Å². The van der Waals surface area contributed by atoms with Crippen LogP contribution in [0.4, 0.5) is 0 Å². The van der Waals surface area contributed by atoms with Gasteiger partial charge in [-0.25, -0.2) is 0 Å². The van der Waals surface area contributed by atoms with Crippen molar-refractivity contribution in [3.63, 3.8) is 0 Å². The minimum Gasteiger partial charge on any atom is -0.396 e. The van der Waals surface area contributed by atoms with E-state index in [1.807, 2.05) is 0 Å². The van der Waals surface area contributed by atoms with Crippen molar-refractivity contribution < 1.29 is 5.11 Å². The van der Waals surface area contributed by atoms with Crippen LogP contribution >= 0.6 is 0 Å². The topological polar surface area (TPSA) is 23.5 Å². The van der Waals surface area contributed by atoms with Crippen LogP contribution in [-0.2, 0) is 6.54 Å². The fraction of sp³-hybridized carbons (Fsp3) is 0.625. The highest BCUT2D eigenvalue weighted by atomic mass is 16.3. The molecule has 0 aromatic heterocycles. The smallest absolute Gasteiger partial charge is 0.0471 e. The Morgan fingerprint density at radius 3 is 2.61 bits per heavy atom. The van der Waals surface area contributed by atoms with E-state index < -0.39 is 0 Å². The number of benzene rings is 1. The van der Waals surface area contributed by atoms with Crippen LogP contribution in [0.15, 0.2) is 24.3 Å². The van der Waals surface area contributed by atoms with Gasteiger partial charge in [-0.3, -0.25) is 4.90 Å². The van der Waals surface area contributed by atoms with Gasteiger partial charge < -0.3 is 5.11 Å². The predicted molar refractivity (Wildman–Crippen MR) is 75.6 cm³/mol. The summed E-state index contributed by atoms with van der Waals surface area (Å²) in [5, 5.41) is 9.25. The van der Waals surface area contributed by atoms with E-state index in [0.717, 1.165) is 13.1 Å². The summed E-state index contributed by atoms with van der Waals surface area (Å²) in [6.45, 7) is 8.03. The van der Waals surface area contributed by atoms with Crippen LogP contribution in [0.25, 0.3) is 0 Å². The van der Waals surface area contributed by atoms with Gasteiger partial charge in [0, 0.05) is 19.7 Å². The van der Waals surface area contributed by atoms with Crippen LogP contribution in [0.1, 0.15) is 43.7 Å². The summed E-state index contributed by atoms with van der Waals surface area (Å²) in [4.78, 5) is 2.47. The molecule has 18 heavy (non-hydrogen) atoms. The molecule has 1 aliphatic rings. The number of hydrogen-bond acceptors (Lipinski definition) is 2. The molecule has 1 N–H and O–H groups in total. The molecule has 1 aromatic carbocycles. The minimum atomic E-state index is 0.336. The summed E-state index contributed by atoms with van der Waals surface area (Å²) in [5.74, 6) is 1.08. The molecule has 1 aliphatic heterocycles. The third-order valence-electron chi connectivity index (χ3n) is 3.91. The molecule has 0 saturated carbocycles. The fourth-order valence-corrected chi connectivity index (χ4v) is 2.71. The summed E-state index contributed by atoms with van der Waals surface area (Å²) in [6, 6.07) is 8.98. The number of hydrogen-bond donors (Lipinski definition) is 1. The molecule has 1 atom stereocenters. The molecule has 0 radical (unpaired) electrons. The quantitative estimate of drug-likeness (QED) is 0.884. The molecule has 100 valence electrons. The fourth-order valence-electron chi connectivity index (χ4n) is 2.71. The number of likely N-dealkylation sites (tertiary alicyclic amines) is 1. The second-order valence-corrected chi connectivity index (χ2v) is 5.82. The maximum atomic E-state index is 9.25. The second-order valence-electron chi connectivity index (χ2n) is 5.82. The van der Waals surface area contributed by atoms with Gasteiger partial charge in [0.1, 0.15) is 0 Å². The van der Waals surface area contributed by atoms with E-state index in [1.54, 1.807) is 0 Å². The van der Waals surface area contributed by atoms with Gasteiger partial charge in [-0.2, -0.15) is 0 Å². The van der Waals surface area contributed by atoms with Gasteiger partial charge in [-0.1, -0.05) is 38.1 Å². The predicted octanol–water partition coefficient (Wildman–Crippen LogP) is 3.01. The SMILES string of the molecule is CC(C)c1ccc(CN2CCCC(CO)C2)cc1. The summed E-state index contributed by atoms with van der Waals surface area (Å²) in [6.07, 6.45) is 2.40. The Hall–Kier alpha value is -0.860. The zero-order valence-corrected chi connectivity index (χ0v) is 11.6. The number of aliphatic hydroxyl groups is 1. The van der Waals surface area contributed by atoms with Crippen molar-refractivity contribution in [1.82, 2.24) is 4.90 Å². The Morgan fingerprint density at radius 1 is 1.28 bits per heavy atom.